The molecule has 0 bridgehead atoms. The number of rotatable bonds is 56. The van der Waals surface area contributed by atoms with Gasteiger partial charge in [0.2, 0.25) is 29.0 Å². The number of nitrogens with zero attached hydrogens (tertiary/aromatic N) is 8. The summed E-state index contributed by atoms with van der Waals surface area (Å²) in [5, 5.41) is 40.6. The molecule has 36 heteroatoms. The van der Waals surface area contributed by atoms with E-state index in [4.69, 9.17) is 19.9 Å². The van der Waals surface area contributed by atoms with E-state index < -0.39 is 176 Å². The number of nitrogens with two attached hydrogens (primary N) is 1. The van der Waals surface area contributed by atoms with Crippen molar-refractivity contribution in [1.29, 1.82) is 0 Å². The van der Waals surface area contributed by atoms with Crippen molar-refractivity contribution in [2.24, 2.45) is 5.41 Å². The third kappa shape index (κ3) is 35.1. The minimum absolute atomic E-state index is 0.0189. The molecule has 740 valence electrons. The number of aromatic nitrogens is 9. The van der Waals surface area contributed by atoms with Crippen LogP contribution in [0.4, 0.5) is 5.82 Å². The average molecular weight is 1890 g/mol. The number of aromatic hydroxyl groups is 1. The van der Waals surface area contributed by atoms with E-state index in [1.54, 1.807) is 45.6 Å². The highest BCUT2D eigenvalue weighted by Gasteiger charge is 2.64. The first-order valence-corrected chi connectivity index (χ1v) is 46.6. The van der Waals surface area contributed by atoms with Gasteiger partial charge in [0.1, 0.15) is 42.1 Å². The van der Waals surface area contributed by atoms with Crippen molar-refractivity contribution in [2.45, 2.75) is 272 Å². The molecule has 1 aliphatic rings. The fourth-order valence-corrected chi connectivity index (χ4v) is 15.0. The smallest absolute Gasteiger partial charge is 0.330 e. The standard InChI is InChI=1S/C91H114N14O19.3C3H8O/c1-9-69(94-75(111)44-40-65(107)36-32-59-22-16-55(4)17-23-59)81(115)91(82(116)70(10-2)95-76(112)45-41-66(108)37-33-60-24-18-56(5)19-25-60,83(117)71(11-3)96-77(113)46-42-67(109)38-34-61-26-20-57(6)21-27-61)84(118)72(15-13-12-14-64-51-93-102-105(64)73-50-79(124-74(73)54-106)103-52-58(7)87(119)101-90(103)121)97-78(114)47-43-68(110)39-35-62-28-30-63(31-29-62)53-104-86-80(98-89(104)120)85(92)99-88(100-86)123-49-48-122-8;3*1-3-4-2/h16-31,51-52,69-74,79,106H,9-15,32-50,53-54H2,1-8H3,(H,94,111)(H,95,112)(H,96,113)(H,97,114)(H,98,120)(H2,92,99,100)(H,101,119,121);3*3H2,1-2H3. The maximum Gasteiger partial charge on any atom is 0.330 e. The first-order chi connectivity index (χ1) is 65.2. The number of anilines is 1. The van der Waals surface area contributed by atoms with Gasteiger partial charge in [0, 0.05) is 143 Å². The predicted molar refractivity (Wildman–Crippen MR) is 510 cm³/mol. The summed E-state index contributed by atoms with van der Waals surface area (Å²) in [5.41, 5.74) is 9.23. The van der Waals surface area contributed by atoms with Crippen LogP contribution in [0.15, 0.2) is 119 Å². The van der Waals surface area contributed by atoms with Crippen LogP contribution in [0, 0.1) is 33.1 Å². The molecule has 4 amide bonds. The van der Waals surface area contributed by atoms with E-state index in [1.807, 2.05) is 114 Å². The van der Waals surface area contributed by atoms with Gasteiger partial charge in [-0.15, -0.1) is 5.10 Å². The van der Waals surface area contributed by atoms with Gasteiger partial charge in [-0.05, 0) is 140 Å². The van der Waals surface area contributed by atoms with Gasteiger partial charge in [-0.2, -0.15) is 15.0 Å². The van der Waals surface area contributed by atoms with Crippen molar-refractivity contribution in [2.75, 3.05) is 73.8 Å². The number of methoxy groups -OCH3 is 4. The Morgan fingerprint density at radius 1 is 0.507 bits per heavy atom. The quantitative estimate of drug-likeness (QED) is 0.0130. The summed E-state index contributed by atoms with van der Waals surface area (Å²) in [6.45, 7) is 19.8. The van der Waals surface area contributed by atoms with Gasteiger partial charge in [-0.25, -0.2) is 9.48 Å². The number of Topliss-reactive ketones (excluding diaryl/α,β-unsaturated/α-hetero) is 8. The zero-order valence-corrected chi connectivity index (χ0v) is 81.1. The van der Waals surface area contributed by atoms with Gasteiger partial charge >= 0.3 is 11.7 Å². The number of ketones is 8. The number of hydrogen-bond acceptors (Lipinski definition) is 28. The number of unbranched alkanes of at least 4 members (excludes halogenated alkanes) is 1. The molecule has 0 aliphatic carbocycles. The van der Waals surface area contributed by atoms with Crippen LogP contribution in [0.5, 0.6) is 12.0 Å². The summed E-state index contributed by atoms with van der Waals surface area (Å²) in [4.78, 5) is 220. The second-order valence-corrected chi connectivity index (χ2v) is 33.5. The van der Waals surface area contributed by atoms with Crippen LogP contribution in [-0.4, -0.2) is 223 Å². The molecule has 9 rings (SSSR count). The monoisotopic (exact) mass is 1890 g/mol. The van der Waals surface area contributed by atoms with Crippen LogP contribution in [0.25, 0.3) is 11.2 Å². The molecule has 5 heterocycles. The molecule has 8 aromatic rings. The van der Waals surface area contributed by atoms with Crippen LogP contribution in [-0.2, 0) is 120 Å². The van der Waals surface area contributed by atoms with Crippen LogP contribution in [0.2, 0.25) is 0 Å². The number of imidazole rings is 1. The molecule has 9 N–H and O–H groups in total. The molecule has 7 unspecified atom stereocenters. The lowest BCUT2D eigenvalue weighted by Gasteiger charge is -2.38. The molecule has 0 saturated carbocycles. The number of amides is 4. The first-order valence-electron chi connectivity index (χ1n) is 46.6. The molecule has 136 heavy (non-hydrogen) atoms. The van der Waals surface area contributed by atoms with Crippen molar-refractivity contribution in [3.63, 3.8) is 0 Å². The maximum absolute atomic E-state index is 17.0. The topological polar surface area (TPSA) is 504 Å². The summed E-state index contributed by atoms with van der Waals surface area (Å²) in [6.07, 6.45) is -2.74. The third-order valence-corrected chi connectivity index (χ3v) is 23.3. The minimum Gasteiger partial charge on any atom is -0.480 e. The molecule has 1 aliphatic heterocycles. The van der Waals surface area contributed by atoms with Gasteiger partial charge in [-0.3, -0.25) is 76.4 Å². The second kappa shape index (κ2) is 58.8. The Morgan fingerprint density at radius 2 is 0.897 bits per heavy atom. The lowest BCUT2D eigenvalue weighted by Crippen LogP contribution is -2.69. The summed E-state index contributed by atoms with van der Waals surface area (Å²) in [5.74, 6) is -11.0. The lowest BCUT2D eigenvalue weighted by molar-refractivity contribution is -0.160. The van der Waals surface area contributed by atoms with Crippen molar-refractivity contribution in [3.05, 3.63) is 186 Å². The van der Waals surface area contributed by atoms with E-state index in [1.165, 1.54) is 61.0 Å². The van der Waals surface area contributed by atoms with Gasteiger partial charge in [0.15, 0.2) is 40.1 Å². The Morgan fingerprint density at radius 3 is 1.29 bits per heavy atom. The zero-order valence-electron chi connectivity index (χ0n) is 81.1. The summed E-state index contributed by atoms with van der Waals surface area (Å²) < 4.78 is 34.5. The molecule has 0 spiro atoms. The Balaban J connectivity index is 0.00000223. The predicted octanol–water partition coefficient (Wildman–Crippen LogP) is 9.42. The Labute approximate surface area is 794 Å². The number of fused-ring (bicyclic) bond motifs is 1. The SMILES string of the molecule is CCC(NC(=O)CCC(=O)CCc1ccc(C)cc1)C(=O)C(C(=O)C(CC)NC(=O)CCC(=O)CCc1ccc(C)cc1)(C(=O)C(CC)NC(=O)CCC(=O)CCc1ccc(C)cc1)C(=O)C(CCCCc1cnnn1C1CC(n2cc(C)c(=O)[nH]c2=O)OC1CO)NC(=O)CCC(=O)CCc1ccc(Cn2c(O)nc3c(N)nc(OCCOC)nc32)cc1.CCOC.CCOC.CCOC. The fraction of sp³-hybridized carbons (Fsp3) is 0.530. The number of aliphatic hydroxyl groups is 1. The van der Waals surface area contributed by atoms with Crippen molar-refractivity contribution < 1.29 is 96.2 Å². The van der Waals surface area contributed by atoms with Gasteiger partial charge in [0.25, 0.3) is 11.6 Å². The normalized spacial score (nSPS) is 14.5. The van der Waals surface area contributed by atoms with Crippen LogP contribution < -0.4 is 43.0 Å². The fourth-order valence-electron chi connectivity index (χ4n) is 15.0. The number of aromatic amines is 1. The number of nitrogens with one attached hydrogen (secondary N) is 5. The molecule has 4 aromatic carbocycles. The third-order valence-electron chi connectivity index (χ3n) is 23.3. The maximum atomic E-state index is 17.0. The molecule has 7 atom stereocenters. The molecule has 36 nitrogen and oxygen atoms in total. The summed E-state index contributed by atoms with van der Waals surface area (Å²) >= 11 is 0. The van der Waals surface area contributed by atoms with Gasteiger partial charge in [0.05, 0.1) is 61.9 Å². The highest BCUT2D eigenvalue weighted by molar-refractivity contribution is 6.42. The molecule has 1 saturated heterocycles. The molecular formula is C100H138N14O22. The Kier molecular flexibility index (Phi) is 48.6. The molecule has 1 fully saturated rings. The van der Waals surface area contributed by atoms with Gasteiger partial charge in [-0.1, -0.05) is 146 Å². The zero-order chi connectivity index (χ0) is 100.0. The number of carbonyl (C=O) groups is 12. The van der Waals surface area contributed by atoms with Crippen LogP contribution in [0.3, 0.4) is 0 Å². The highest BCUT2D eigenvalue weighted by atomic mass is 16.5. The highest BCUT2D eigenvalue weighted by Crippen LogP contribution is 2.38. The van der Waals surface area contributed by atoms with Crippen LogP contribution in [0.1, 0.15) is 232 Å². The summed E-state index contributed by atoms with van der Waals surface area (Å²) in [7, 11) is 6.55. The number of hydrogen-bond donors (Lipinski definition) is 8. The van der Waals surface area contributed by atoms with Crippen molar-refractivity contribution >= 4 is 86.9 Å². The van der Waals surface area contributed by atoms with Crippen molar-refractivity contribution in [1.82, 2.24) is 65.3 Å². The van der Waals surface area contributed by atoms with E-state index in [0.29, 0.717) is 36.1 Å². The molecular weight excluding hydrogens is 1750 g/mol. The largest absolute Gasteiger partial charge is 0.480 e. The average Bonchev–Trinajstić information content (AvgIpc) is 1.37. The number of aryl methyl sites for hydroxylation is 9. The van der Waals surface area contributed by atoms with E-state index >= 15 is 19.2 Å². The minimum atomic E-state index is -3.68. The van der Waals surface area contributed by atoms with E-state index in [0.717, 1.165) is 53.2 Å². The Bertz CT molecular complexity index is 5090. The second-order valence-electron chi connectivity index (χ2n) is 33.5. The van der Waals surface area contributed by atoms with E-state index in [-0.39, 0.29) is 149 Å². The van der Waals surface area contributed by atoms with E-state index in [9.17, 15) is 58.2 Å². The molecule has 4 aromatic heterocycles. The first kappa shape index (κ1) is 112. The summed E-state index contributed by atoms with van der Waals surface area (Å²) in [6, 6.07) is 20.8. The van der Waals surface area contributed by atoms with Crippen LogP contribution >= 0.6 is 0 Å². The number of ether oxygens (including phenoxy) is 6. The molecule has 0 radical (unpaired) electrons. The lowest BCUT2D eigenvalue weighted by atomic mass is 9.63. The van der Waals surface area contributed by atoms with E-state index in [2.05, 4.69) is 65.7 Å². The van der Waals surface area contributed by atoms with Crippen molar-refractivity contribution in [3.8, 4) is 12.0 Å². The Hall–Kier alpha value is -12.3. The number of carbonyl (C=O) groups excluding carboxylic acids is 12. The number of aliphatic hydroxyl groups excluding tert-OH is 1. The number of H-pyrrole nitrogens is 1. The number of benzene rings is 4. The van der Waals surface area contributed by atoms with Gasteiger partial charge < -0.3 is 65.6 Å². The number of nitrogen functional groups attached to an aromatic ring is 1.